The van der Waals surface area contributed by atoms with Gasteiger partial charge in [0.05, 0.1) is 32.1 Å². The maximum absolute atomic E-state index is 13.4. The molecule has 0 aliphatic carbocycles. The Labute approximate surface area is 217 Å². The monoisotopic (exact) mass is 522 g/mol. The standard InChI is InChI=1S/C27H26N2O7S/c1-5-14-36-17-12-10-16(11-13-17)22(30)20-21(18-8-6-7-9-19(18)34-3)29(25(32)23(20)31)27-28-15(2)24(37-27)26(33)35-4/h6-13,21,30H,5,14H2,1-4H3/b22-20+. The molecule has 1 unspecified atom stereocenters. The Morgan fingerprint density at radius 1 is 1.11 bits per heavy atom. The van der Waals surface area contributed by atoms with Crippen molar-refractivity contribution in [3.63, 3.8) is 0 Å². The molecule has 9 nitrogen and oxygen atoms in total. The number of carbonyl (C=O) groups is 3. The van der Waals surface area contributed by atoms with Crippen molar-refractivity contribution < 1.29 is 33.7 Å². The van der Waals surface area contributed by atoms with E-state index in [1.165, 1.54) is 19.1 Å². The van der Waals surface area contributed by atoms with Crippen molar-refractivity contribution in [3.8, 4) is 11.5 Å². The van der Waals surface area contributed by atoms with Gasteiger partial charge in [-0.05, 0) is 43.7 Å². The smallest absolute Gasteiger partial charge is 0.350 e. The van der Waals surface area contributed by atoms with Crippen LogP contribution in [0, 0.1) is 6.92 Å². The Bertz CT molecular complexity index is 1380. The number of amides is 1. The van der Waals surface area contributed by atoms with Crippen LogP contribution in [0.25, 0.3) is 5.76 Å². The summed E-state index contributed by atoms with van der Waals surface area (Å²) in [7, 11) is 2.73. The predicted octanol–water partition coefficient (Wildman–Crippen LogP) is 4.66. The summed E-state index contributed by atoms with van der Waals surface area (Å²) in [6.07, 6.45) is 0.845. The van der Waals surface area contributed by atoms with E-state index in [1.807, 2.05) is 6.92 Å². The van der Waals surface area contributed by atoms with Gasteiger partial charge in [-0.3, -0.25) is 14.5 Å². The number of ether oxygens (including phenoxy) is 3. The van der Waals surface area contributed by atoms with Crippen molar-refractivity contribution in [1.29, 1.82) is 0 Å². The van der Waals surface area contributed by atoms with Crippen molar-refractivity contribution in [3.05, 3.63) is 75.8 Å². The van der Waals surface area contributed by atoms with E-state index in [0.29, 0.717) is 34.9 Å². The van der Waals surface area contributed by atoms with Gasteiger partial charge in [0.15, 0.2) is 5.13 Å². The SMILES string of the molecule is CCCOc1ccc(/C(O)=C2\C(=O)C(=O)N(c3nc(C)c(C(=O)OC)s3)C2c2ccccc2OC)cc1. The van der Waals surface area contributed by atoms with Gasteiger partial charge in [0.2, 0.25) is 0 Å². The molecule has 10 heteroatoms. The van der Waals surface area contributed by atoms with Gasteiger partial charge >= 0.3 is 11.9 Å². The first-order valence-electron chi connectivity index (χ1n) is 11.5. The Hall–Kier alpha value is -4.18. The van der Waals surface area contributed by atoms with Gasteiger partial charge in [-0.15, -0.1) is 0 Å². The average Bonchev–Trinajstić information content (AvgIpc) is 3.43. The maximum Gasteiger partial charge on any atom is 0.350 e. The lowest BCUT2D eigenvalue weighted by Gasteiger charge is -2.24. The first kappa shape index (κ1) is 25.9. The van der Waals surface area contributed by atoms with Crippen LogP contribution in [-0.4, -0.2) is 48.6 Å². The summed E-state index contributed by atoms with van der Waals surface area (Å²) in [6, 6.07) is 12.5. The Morgan fingerprint density at radius 3 is 2.46 bits per heavy atom. The summed E-state index contributed by atoms with van der Waals surface area (Å²) in [5.74, 6) is -1.68. The quantitative estimate of drug-likeness (QED) is 0.197. The summed E-state index contributed by atoms with van der Waals surface area (Å²) >= 11 is 0.932. The van der Waals surface area contributed by atoms with Crippen LogP contribution < -0.4 is 14.4 Å². The molecule has 3 aromatic rings. The van der Waals surface area contributed by atoms with Crippen molar-refractivity contribution in [2.75, 3.05) is 25.7 Å². The molecule has 192 valence electrons. The fraction of sp³-hybridized carbons (Fsp3) is 0.259. The summed E-state index contributed by atoms with van der Waals surface area (Å²) in [6.45, 7) is 4.16. The normalized spacial score (nSPS) is 16.6. The molecule has 1 aliphatic heterocycles. The minimum absolute atomic E-state index is 0.121. The highest BCUT2D eigenvalue weighted by molar-refractivity contribution is 7.17. The molecule has 1 amide bonds. The highest BCUT2D eigenvalue weighted by Crippen LogP contribution is 2.46. The number of aliphatic hydroxyl groups excluding tert-OH is 1. The predicted molar refractivity (Wildman–Crippen MR) is 138 cm³/mol. The number of para-hydroxylation sites is 1. The fourth-order valence-corrected chi connectivity index (χ4v) is 5.08. The molecule has 4 rings (SSSR count). The zero-order chi connectivity index (χ0) is 26.7. The van der Waals surface area contributed by atoms with Crippen LogP contribution in [0.4, 0.5) is 5.13 Å². The number of carbonyl (C=O) groups excluding carboxylic acids is 3. The van der Waals surface area contributed by atoms with Crippen LogP contribution >= 0.6 is 11.3 Å². The molecule has 1 aliphatic rings. The zero-order valence-electron chi connectivity index (χ0n) is 20.8. The summed E-state index contributed by atoms with van der Waals surface area (Å²) in [5.41, 5.74) is 1.05. The van der Waals surface area contributed by atoms with Gasteiger partial charge in [-0.2, -0.15) is 0 Å². The Balaban J connectivity index is 1.89. The van der Waals surface area contributed by atoms with E-state index in [2.05, 4.69) is 4.98 Å². The van der Waals surface area contributed by atoms with Gasteiger partial charge in [0.1, 0.15) is 28.2 Å². The molecule has 37 heavy (non-hydrogen) atoms. The second kappa shape index (κ2) is 10.8. The third kappa shape index (κ3) is 4.79. The molecule has 1 atom stereocenters. The number of aromatic nitrogens is 1. The fourth-order valence-electron chi connectivity index (χ4n) is 4.07. The number of anilines is 1. The van der Waals surface area contributed by atoms with E-state index in [-0.39, 0.29) is 21.3 Å². The van der Waals surface area contributed by atoms with E-state index in [0.717, 1.165) is 17.8 Å². The largest absolute Gasteiger partial charge is 0.507 e. The lowest BCUT2D eigenvalue weighted by atomic mass is 9.94. The summed E-state index contributed by atoms with van der Waals surface area (Å²) in [4.78, 5) is 44.8. The molecule has 2 heterocycles. The molecule has 2 aromatic carbocycles. The van der Waals surface area contributed by atoms with Crippen molar-refractivity contribution >= 4 is 39.9 Å². The molecule has 0 saturated carbocycles. The number of benzene rings is 2. The number of nitrogens with zero attached hydrogens (tertiary/aromatic N) is 2. The first-order valence-corrected chi connectivity index (χ1v) is 12.4. The lowest BCUT2D eigenvalue weighted by molar-refractivity contribution is -0.132. The molecule has 1 saturated heterocycles. The lowest BCUT2D eigenvalue weighted by Crippen LogP contribution is -2.29. The number of hydrogen-bond donors (Lipinski definition) is 1. The second-order valence-corrected chi connectivity index (χ2v) is 9.16. The van der Waals surface area contributed by atoms with Crippen LogP contribution in [0.15, 0.2) is 54.1 Å². The van der Waals surface area contributed by atoms with Gasteiger partial charge < -0.3 is 19.3 Å². The topological polar surface area (TPSA) is 115 Å². The molecule has 1 aromatic heterocycles. The number of hydrogen-bond acceptors (Lipinski definition) is 9. The molecular formula is C27H26N2O7S. The average molecular weight is 523 g/mol. The maximum atomic E-state index is 13.4. The third-order valence-corrected chi connectivity index (χ3v) is 6.98. The number of methoxy groups -OCH3 is 2. The van der Waals surface area contributed by atoms with Crippen molar-refractivity contribution in [2.24, 2.45) is 0 Å². The number of aryl methyl sites for hydroxylation is 1. The van der Waals surface area contributed by atoms with Crippen LogP contribution in [0.5, 0.6) is 11.5 Å². The number of rotatable bonds is 8. The highest BCUT2D eigenvalue weighted by atomic mass is 32.1. The van der Waals surface area contributed by atoms with Gasteiger partial charge in [-0.1, -0.05) is 36.5 Å². The molecule has 0 radical (unpaired) electrons. The van der Waals surface area contributed by atoms with Crippen LogP contribution in [0.3, 0.4) is 0 Å². The zero-order valence-corrected chi connectivity index (χ0v) is 21.6. The molecule has 1 fully saturated rings. The Kier molecular flexibility index (Phi) is 7.58. The van der Waals surface area contributed by atoms with Gasteiger partial charge in [-0.25, -0.2) is 9.78 Å². The van der Waals surface area contributed by atoms with E-state index >= 15 is 0 Å². The number of thiazole rings is 1. The van der Waals surface area contributed by atoms with Crippen LogP contribution in [0.2, 0.25) is 0 Å². The molecule has 1 N–H and O–H groups in total. The first-order chi connectivity index (χ1) is 17.8. The minimum atomic E-state index is -1.05. The summed E-state index contributed by atoms with van der Waals surface area (Å²) in [5, 5.41) is 11.5. The number of Topliss-reactive ketones (excluding diaryl/α,β-unsaturated/α-hetero) is 1. The van der Waals surface area contributed by atoms with Crippen LogP contribution in [-0.2, 0) is 14.3 Å². The van der Waals surface area contributed by atoms with E-state index in [9.17, 15) is 19.5 Å². The number of ketones is 1. The Morgan fingerprint density at radius 2 is 1.81 bits per heavy atom. The highest BCUT2D eigenvalue weighted by Gasteiger charge is 2.49. The van der Waals surface area contributed by atoms with E-state index in [4.69, 9.17) is 14.2 Å². The van der Waals surface area contributed by atoms with Gasteiger partial charge in [0, 0.05) is 11.1 Å². The third-order valence-electron chi connectivity index (χ3n) is 5.84. The molecule has 0 bridgehead atoms. The van der Waals surface area contributed by atoms with Crippen molar-refractivity contribution in [1.82, 2.24) is 4.98 Å². The number of esters is 1. The second-order valence-electron chi connectivity index (χ2n) is 8.19. The molecular weight excluding hydrogens is 496 g/mol. The molecule has 0 spiro atoms. The van der Waals surface area contributed by atoms with Crippen LogP contribution in [0.1, 0.15) is 45.9 Å². The summed E-state index contributed by atoms with van der Waals surface area (Å²) < 4.78 is 15.9. The van der Waals surface area contributed by atoms with Gasteiger partial charge in [0.25, 0.3) is 5.78 Å². The number of aliphatic hydroxyl groups is 1. The minimum Gasteiger partial charge on any atom is -0.507 e. The van der Waals surface area contributed by atoms with E-state index < -0.39 is 23.7 Å². The van der Waals surface area contributed by atoms with E-state index in [1.54, 1.807) is 55.5 Å². The van der Waals surface area contributed by atoms with Crippen molar-refractivity contribution in [2.45, 2.75) is 26.3 Å².